The zero-order chi connectivity index (χ0) is 13.0. The largest absolute Gasteiger partial charge is 0.481 e. The summed E-state index contributed by atoms with van der Waals surface area (Å²) in [6, 6.07) is 0.0616. The molecule has 1 atom stereocenters. The lowest BCUT2D eigenvalue weighted by molar-refractivity contribution is -0.145. The van der Waals surface area contributed by atoms with Crippen molar-refractivity contribution >= 4 is 17.8 Å². The number of furan rings is 1. The standard InChI is InChI=1S/C10H11NO6/c1-5-2-3-17-8(5)9(14)11-6(10(15)16)4-7(12)13/h2-3,6H,4H2,1H3,(H,11,14)(H,12,13)(H,15,16)/t6-/m1/s1. The first-order valence-electron chi connectivity index (χ1n) is 4.71. The summed E-state index contributed by atoms with van der Waals surface area (Å²) in [5.41, 5.74) is 0.543. The van der Waals surface area contributed by atoms with Crippen molar-refractivity contribution in [1.29, 1.82) is 0 Å². The molecule has 1 amide bonds. The van der Waals surface area contributed by atoms with Gasteiger partial charge in [0.05, 0.1) is 12.7 Å². The molecule has 0 aromatic carbocycles. The van der Waals surface area contributed by atoms with Gasteiger partial charge in [0.15, 0.2) is 5.76 Å². The molecule has 7 nitrogen and oxygen atoms in total. The van der Waals surface area contributed by atoms with Crippen LogP contribution in [0.2, 0.25) is 0 Å². The predicted molar refractivity (Wildman–Crippen MR) is 54.6 cm³/mol. The van der Waals surface area contributed by atoms with Crippen molar-refractivity contribution in [3.63, 3.8) is 0 Å². The Morgan fingerprint density at radius 2 is 2.06 bits per heavy atom. The van der Waals surface area contributed by atoms with Crippen LogP contribution in [0, 0.1) is 6.92 Å². The van der Waals surface area contributed by atoms with E-state index in [2.05, 4.69) is 5.32 Å². The van der Waals surface area contributed by atoms with Crippen molar-refractivity contribution in [3.05, 3.63) is 23.7 Å². The third-order valence-corrected chi connectivity index (χ3v) is 2.05. The van der Waals surface area contributed by atoms with Crippen molar-refractivity contribution < 1.29 is 29.0 Å². The van der Waals surface area contributed by atoms with E-state index < -0.39 is 30.3 Å². The highest BCUT2D eigenvalue weighted by Crippen LogP contribution is 2.09. The van der Waals surface area contributed by atoms with Crippen LogP contribution in [0.5, 0.6) is 0 Å². The van der Waals surface area contributed by atoms with Gasteiger partial charge in [-0.2, -0.15) is 0 Å². The second-order valence-electron chi connectivity index (χ2n) is 3.39. The van der Waals surface area contributed by atoms with Gasteiger partial charge in [-0.1, -0.05) is 0 Å². The third kappa shape index (κ3) is 3.33. The molecule has 0 fully saturated rings. The van der Waals surface area contributed by atoms with Crippen molar-refractivity contribution in [1.82, 2.24) is 5.32 Å². The zero-order valence-electron chi connectivity index (χ0n) is 8.97. The first kappa shape index (κ1) is 12.8. The van der Waals surface area contributed by atoms with E-state index in [0.29, 0.717) is 5.56 Å². The van der Waals surface area contributed by atoms with Crippen LogP contribution in [0.25, 0.3) is 0 Å². The number of carbonyl (C=O) groups is 3. The second kappa shape index (κ2) is 5.15. The van der Waals surface area contributed by atoms with E-state index in [0.717, 1.165) is 0 Å². The molecule has 1 aromatic rings. The molecule has 1 rings (SSSR count). The average molecular weight is 241 g/mol. The lowest BCUT2D eigenvalue weighted by Gasteiger charge is -2.11. The molecule has 17 heavy (non-hydrogen) atoms. The summed E-state index contributed by atoms with van der Waals surface area (Å²) >= 11 is 0. The molecular weight excluding hydrogens is 230 g/mol. The minimum atomic E-state index is -1.48. The first-order valence-corrected chi connectivity index (χ1v) is 4.71. The monoisotopic (exact) mass is 241 g/mol. The van der Waals surface area contributed by atoms with Crippen LogP contribution in [-0.4, -0.2) is 34.1 Å². The fraction of sp³-hybridized carbons (Fsp3) is 0.300. The molecule has 0 aliphatic heterocycles. The quantitative estimate of drug-likeness (QED) is 0.680. The van der Waals surface area contributed by atoms with Crippen molar-refractivity contribution in [2.75, 3.05) is 0 Å². The van der Waals surface area contributed by atoms with Gasteiger partial charge >= 0.3 is 11.9 Å². The summed E-state index contributed by atoms with van der Waals surface area (Å²) in [4.78, 5) is 32.7. The van der Waals surface area contributed by atoms with Crippen LogP contribution in [0.15, 0.2) is 16.7 Å². The Morgan fingerprint density at radius 3 is 2.47 bits per heavy atom. The molecule has 3 N–H and O–H groups in total. The van der Waals surface area contributed by atoms with E-state index in [9.17, 15) is 14.4 Å². The summed E-state index contributed by atoms with van der Waals surface area (Å²) in [5, 5.41) is 19.3. The van der Waals surface area contributed by atoms with Crippen LogP contribution >= 0.6 is 0 Å². The molecule has 0 spiro atoms. The van der Waals surface area contributed by atoms with Crippen LogP contribution < -0.4 is 5.32 Å². The second-order valence-corrected chi connectivity index (χ2v) is 3.39. The number of carbonyl (C=O) groups excluding carboxylic acids is 1. The molecule has 7 heteroatoms. The number of aryl methyl sites for hydroxylation is 1. The van der Waals surface area contributed by atoms with E-state index in [1.54, 1.807) is 13.0 Å². The number of hydrogen-bond acceptors (Lipinski definition) is 4. The van der Waals surface area contributed by atoms with Gasteiger partial charge in [-0.25, -0.2) is 4.79 Å². The lowest BCUT2D eigenvalue weighted by atomic mass is 10.2. The van der Waals surface area contributed by atoms with Gasteiger partial charge in [0.2, 0.25) is 0 Å². The normalized spacial score (nSPS) is 11.8. The van der Waals surface area contributed by atoms with Crippen LogP contribution in [0.4, 0.5) is 0 Å². The SMILES string of the molecule is Cc1ccoc1C(=O)N[C@H](CC(=O)O)C(=O)O. The molecule has 1 heterocycles. The minimum Gasteiger partial charge on any atom is -0.481 e. The van der Waals surface area contributed by atoms with Crippen LogP contribution in [-0.2, 0) is 9.59 Å². The Hall–Kier alpha value is -2.31. The zero-order valence-corrected chi connectivity index (χ0v) is 8.97. The maximum absolute atomic E-state index is 11.6. The Kier molecular flexibility index (Phi) is 3.86. The van der Waals surface area contributed by atoms with Crippen molar-refractivity contribution in [3.8, 4) is 0 Å². The van der Waals surface area contributed by atoms with Gasteiger partial charge in [0, 0.05) is 5.56 Å². The highest BCUT2D eigenvalue weighted by molar-refractivity contribution is 5.96. The van der Waals surface area contributed by atoms with Crippen molar-refractivity contribution in [2.45, 2.75) is 19.4 Å². The number of rotatable bonds is 5. The summed E-state index contributed by atoms with van der Waals surface area (Å²) in [7, 11) is 0. The molecule has 0 unspecified atom stereocenters. The van der Waals surface area contributed by atoms with Crippen molar-refractivity contribution in [2.24, 2.45) is 0 Å². The molecule has 0 bridgehead atoms. The fourth-order valence-electron chi connectivity index (χ4n) is 1.20. The van der Waals surface area contributed by atoms with Gasteiger partial charge in [-0.15, -0.1) is 0 Å². The molecule has 1 aromatic heterocycles. The molecular formula is C10H11NO6. The Labute approximate surface area is 96.0 Å². The van der Waals surface area contributed by atoms with Crippen LogP contribution in [0.1, 0.15) is 22.5 Å². The predicted octanol–water partition coefficient (Wildman–Crippen LogP) is 0.246. The molecule has 0 radical (unpaired) electrons. The molecule has 0 saturated carbocycles. The number of carboxylic acid groups (broad SMARTS) is 2. The molecule has 92 valence electrons. The minimum absolute atomic E-state index is 0.0263. The maximum atomic E-state index is 11.6. The molecule has 0 aliphatic rings. The summed E-state index contributed by atoms with van der Waals surface area (Å²) in [5.74, 6) is -3.50. The van der Waals surface area contributed by atoms with Gasteiger partial charge in [-0.3, -0.25) is 9.59 Å². The van der Waals surface area contributed by atoms with E-state index in [-0.39, 0.29) is 5.76 Å². The van der Waals surface area contributed by atoms with E-state index in [1.807, 2.05) is 0 Å². The Bertz CT molecular complexity index is 449. The molecule has 0 aliphatic carbocycles. The lowest BCUT2D eigenvalue weighted by Crippen LogP contribution is -2.42. The fourth-order valence-corrected chi connectivity index (χ4v) is 1.20. The van der Waals surface area contributed by atoms with Gasteiger partial charge in [0.1, 0.15) is 6.04 Å². The smallest absolute Gasteiger partial charge is 0.326 e. The highest BCUT2D eigenvalue weighted by Gasteiger charge is 2.25. The summed E-state index contributed by atoms with van der Waals surface area (Å²) in [6.07, 6.45) is 0.595. The number of amides is 1. The maximum Gasteiger partial charge on any atom is 0.326 e. The summed E-state index contributed by atoms with van der Waals surface area (Å²) in [6.45, 7) is 1.62. The van der Waals surface area contributed by atoms with Gasteiger partial charge in [0.25, 0.3) is 5.91 Å². The average Bonchev–Trinajstić information content (AvgIpc) is 2.62. The first-order chi connectivity index (χ1) is 7.91. The van der Waals surface area contributed by atoms with Gasteiger partial charge in [-0.05, 0) is 13.0 Å². The van der Waals surface area contributed by atoms with E-state index in [4.69, 9.17) is 14.6 Å². The van der Waals surface area contributed by atoms with Crippen LogP contribution in [0.3, 0.4) is 0 Å². The molecule has 0 saturated heterocycles. The number of nitrogens with one attached hydrogen (secondary N) is 1. The number of aliphatic carboxylic acids is 2. The Morgan fingerprint density at radius 1 is 1.41 bits per heavy atom. The summed E-state index contributed by atoms with van der Waals surface area (Å²) < 4.78 is 4.86. The van der Waals surface area contributed by atoms with E-state index in [1.165, 1.54) is 6.26 Å². The highest BCUT2D eigenvalue weighted by atomic mass is 16.4. The van der Waals surface area contributed by atoms with E-state index >= 15 is 0 Å². The number of hydrogen-bond donors (Lipinski definition) is 3. The van der Waals surface area contributed by atoms with Gasteiger partial charge < -0.3 is 19.9 Å². The Balaban J connectivity index is 2.74. The topological polar surface area (TPSA) is 117 Å². The number of carboxylic acids is 2. The third-order valence-electron chi connectivity index (χ3n) is 2.05.